The summed E-state index contributed by atoms with van der Waals surface area (Å²) in [6.45, 7) is 0.343. The zero-order valence-corrected chi connectivity index (χ0v) is 14.0. The van der Waals surface area contributed by atoms with Crippen LogP contribution < -0.4 is 0 Å². The molecule has 4 rings (SSSR count). The van der Waals surface area contributed by atoms with Crippen molar-refractivity contribution in [3.05, 3.63) is 82.8 Å². The summed E-state index contributed by atoms with van der Waals surface area (Å²) in [7, 11) is 0. The van der Waals surface area contributed by atoms with Crippen LogP contribution in [0.3, 0.4) is 0 Å². The molecule has 0 aliphatic rings. The van der Waals surface area contributed by atoms with Crippen LogP contribution >= 0.6 is 15.9 Å². The molecule has 3 aromatic carbocycles. The zero-order chi connectivity index (χ0) is 15.8. The highest BCUT2D eigenvalue weighted by Crippen LogP contribution is 2.29. The third-order valence-corrected chi connectivity index (χ3v) is 4.68. The molecule has 1 heterocycles. The SMILES string of the molecule is O=C(Cn1c2ccccc2c2ccccc21)c1ccc(Br)cc1. The first-order chi connectivity index (χ1) is 11.2. The van der Waals surface area contributed by atoms with E-state index in [1.54, 1.807) is 0 Å². The second kappa shape index (κ2) is 5.67. The number of carbonyl (C=O) groups excluding carboxylic acids is 1. The maximum absolute atomic E-state index is 12.7. The number of para-hydroxylation sites is 2. The Morgan fingerprint density at radius 2 is 1.30 bits per heavy atom. The lowest BCUT2D eigenvalue weighted by atomic mass is 10.1. The van der Waals surface area contributed by atoms with Crippen molar-refractivity contribution < 1.29 is 4.79 Å². The molecule has 0 N–H and O–H groups in total. The molecule has 4 aromatic rings. The van der Waals surface area contributed by atoms with Gasteiger partial charge in [-0.25, -0.2) is 0 Å². The maximum atomic E-state index is 12.7. The van der Waals surface area contributed by atoms with Gasteiger partial charge in [-0.1, -0.05) is 64.5 Å². The van der Waals surface area contributed by atoms with Gasteiger partial charge in [-0.15, -0.1) is 0 Å². The van der Waals surface area contributed by atoms with Crippen LogP contribution in [0.4, 0.5) is 0 Å². The van der Waals surface area contributed by atoms with Crippen molar-refractivity contribution in [3.63, 3.8) is 0 Å². The Labute approximate surface area is 142 Å². The number of hydrogen-bond acceptors (Lipinski definition) is 1. The van der Waals surface area contributed by atoms with E-state index in [0.717, 1.165) is 21.1 Å². The predicted molar refractivity (Wildman–Crippen MR) is 97.9 cm³/mol. The molecule has 0 aliphatic carbocycles. The number of Topliss-reactive ketones (excluding diaryl/α,β-unsaturated/α-hetero) is 1. The van der Waals surface area contributed by atoms with Crippen molar-refractivity contribution in [3.8, 4) is 0 Å². The summed E-state index contributed by atoms with van der Waals surface area (Å²) in [4.78, 5) is 12.7. The average Bonchev–Trinajstić information content (AvgIpc) is 2.90. The molecule has 2 nitrogen and oxygen atoms in total. The number of benzene rings is 3. The van der Waals surface area contributed by atoms with E-state index >= 15 is 0 Å². The van der Waals surface area contributed by atoms with E-state index in [9.17, 15) is 4.79 Å². The summed E-state index contributed by atoms with van der Waals surface area (Å²) >= 11 is 3.40. The van der Waals surface area contributed by atoms with E-state index in [-0.39, 0.29) is 5.78 Å². The maximum Gasteiger partial charge on any atom is 0.182 e. The molecule has 1 aromatic heterocycles. The fraction of sp³-hybridized carbons (Fsp3) is 0.0500. The van der Waals surface area contributed by atoms with E-state index in [1.807, 2.05) is 48.5 Å². The van der Waals surface area contributed by atoms with Gasteiger partial charge in [0.1, 0.15) is 0 Å². The van der Waals surface area contributed by atoms with Gasteiger partial charge in [0.05, 0.1) is 6.54 Å². The van der Waals surface area contributed by atoms with Crippen molar-refractivity contribution in [1.29, 1.82) is 0 Å². The van der Waals surface area contributed by atoms with Crippen molar-refractivity contribution in [2.45, 2.75) is 6.54 Å². The molecule has 0 aliphatic heterocycles. The van der Waals surface area contributed by atoms with Gasteiger partial charge in [0.2, 0.25) is 0 Å². The molecule has 3 heteroatoms. The topological polar surface area (TPSA) is 22.0 Å². The van der Waals surface area contributed by atoms with Crippen LogP contribution in [0.15, 0.2) is 77.3 Å². The van der Waals surface area contributed by atoms with Crippen LogP contribution in [0.5, 0.6) is 0 Å². The van der Waals surface area contributed by atoms with Gasteiger partial charge in [0, 0.05) is 31.8 Å². The molecule has 0 radical (unpaired) electrons. The standard InChI is InChI=1S/C20H14BrNO/c21-15-11-9-14(10-12-15)20(23)13-22-18-7-3-1-5-16(18)17-6-2-4-8-19(17)22/h1-12H,13H2. The Bertz CT molecular complexity index is 962. The Balaban J connectivity index is 1.84. The summed E-state index contributed by atoms with van der Waals surface area (Å²) in [5.41, 5.74) is 2.92. The average molecular weight is 364 g/mol. The summed E-state index contributed by atoms with van der Waals surface area (Å²) < 4.78 is 3.08. The Morgan fingerprint density at radius 3 is 1.87 bits per heavy atom. The molecule has 0 unspecified atom stereocenters. The third kappa shape index (κ3) is 2.47. The fourth-order valence-corrected chi connectivity index (χ4v) is 3.31. The number of fused-ring (bicyclic) bond motifs is 3. The number of carbonyl (C=O) groups is 1. The van der Waals surface area contributed by atoms with Gasteiger partial charge >= 0.3 is 0 Å². The minimum Gasteiger partial charge on any atom is -0.333 e. The van der Waals surface area contributed by atoms with E-state index in [0.29, 0.717) is 6.54 Å². The number of halogens is 1. The quantitative estimate of drug-likeness (QED) is 0.444. The third-order valence-electron chi connectivity index (χ3n) is 4.15. The number of aromatic nitrogens is 1. The van der Waals surface area contributed by atoms with Crippen LogP contribution in [0.25, 0.3) is 21.8 Å². The highest BCUT2D eigenvalue weighted by atomic mass is 79.9. The van der Waals surface area contributed by atoms with Gasteiger partial charge in [-0.05, 0) is 24.3 Å². The Kier molecular flexibility index (Phi) is 3.50. The lowest BCUT2D eigenvalue weighted by Crippen LogP contribution is -2.10. The van der Waals surface area contributed by atoms with E-state index in [1.165, 1.54) is 10.8 Å². The predicted octanol–water partition coefficient (Wildman–Crippen LogP) is 5.44. The van der Waals surface area contributed by atoms with Gasteiger partial charge in [-0.2, -0.15) is 0 Å². The molecule has 0 fully saturated rings. The minimum atomic E-state index is 0.115. The first-order valence-corrected chi connectivity index (χ1v) is 8.28. The van der Waals surface area contributed by atoms with Gasteiger partial charge in [-0.3, -0.25) is 4.79 Å². The van der Waals surface area contributed by atoms with Gasteiger partial charge in [0.15, 0.2) is 5.78 Å². The van der Waals surface area contributed by atoms with E-state index in [4.69, 9.17) is 0 Å². The van der Waals surface area contributed by atoms with Gasteiger partial charge in [0.25, 0.3) is 0 Å². The van der Waals surface area contributed by atoms with Crippen molar-refractivity contribution in [1.82, 2.24) is 4.57 Å². The van der Waals surface area contributed by atoms with Crippen LogP contribution in [-0.2, 0) is 6.54 Å². The van der Waals surface area contributed by atoms with Gasteiger partial charge < -0.3 is 4.57 Å². The highest BCUT2D eigenvalue weighted by molar-refractivity contribution is 9.10. The first kappa shape index (κ1) is 14.2. The zero-order valence-electron chi connectivity index (χ0n) is 12.4. The van der Waals surface area contributed by atoms with Crippen LogP contribution in [0, 0.1) is 0 Å². The normalized spacial score (nSPS) is 11.2. The number of ketones is 1. The molecule has 0 atom stereocenters. The summed E-state index contributed by atoms with van der Waals surface area (Å²) in [6, 6.07) is 24.0. The Hall–Kier alpha value is -2.39. The number of rotatable bonds is 3. The van der Waals surface area contributed by atoms with E-state index in [2.05, 4.69) is 44.8 Å². The molecule has 0 amide bonds. The molecular formula is C20H14BrNO. The molecule has 0 saturated carbocycles. The smallest absolute Gasteiger partial charge is 0.182 e. The lowest BCUT2D eigenvalue weighted by Gasteiger charge is -2.07. The number of hydrogen-bond donors (Lipinski definition) is 0. The molecular weight excluding hydrogens is 350 g/mol. The van der Waals surface area contributed by atoms with Crippen molar-refractivity contribution in [2.75, 3.05) is 0 Å². The number of nitrogens with zero attached hydrogens (tertiary/aromatic N) is 1. The van der Waals surface area contributed by atoms with E-state index < -0.39 is 0 Å². The highest BCUT2D eigenvalue weighted by Gasteiger charge is 2.13. The monoisotopic (exact) mass is 363 g/mol. The largest absolute Gasteiger partial charge is 0.333 e. The van der Waals surface area contributed by atoms with Crippen LogP contribution in [0.1, 0.15) is 10.4 Å². The lowest BCUT2D eigenvalue weighted by molar-refractivity contribution is 0.0975. The summed E-state index contributed by atoms with van der Waals surface area (Å²) in [5.74, 6) is 0.115. The Morgan fingerprint density at radius 1 is 0.783 bits per heavy atom. The minimum absolute atomic E-state index is 0.115. The molecule has 0 spiro atoms. The molecule has 23 heavy (non-hydrogen) atoms. The van der Waals surface area contributed by atoms with Crippen molar-refractivity contribution >= 4 is 43.5 Å². The first-order valence-electron chi connectivity index (χ1n) is 7.49. The summed E-state index contributed by atoms with van der Waals surface area (Å²) in [6.07, 6.45) is 0. The van der Waals surface area contributed by atoms with Crippen LogP contribution in [-0.4, -0.2) is 10.4 Å². The molecule has 0 bridgehead atoms. The van der Waals surface area contributed by atoms with Crippen molar-refractivity contribution in [2.24, 2.45) is 0 Å². The molecule has 0 saturated heterocycles. The second-order valence-corrected chi connectivity index (χ2v) is 6.47. The fourth-order valence-electron chi connectivity index (χ4n) is 3.04. The summed E-state index contributed by atoms with van der Waals surface area (Å²) in [5, 5.41) is 2.37. The van der Waals surface area contributed by atoms with Crippen LogP contribution in [0.2, 0.25) is 0 Å². The second-order valence-electron chi connectivity index (χ2n) is 5.55. The molecule has 112 valence electrons.